The Morgan fingerprint density at radius 1 is 1.17 bits per heavy atom. The predicted octanol–water partition coefficient (Wildman–Crippen LogP) is 2.76. The zero-order valence-corrected chi connectivity index (χ0v) is 17.8. The van der Waals surface area contributed by atoms with E-state index in [9.17, 15) is 23.2 Å². The molecular weight excluding hydrogens is 392 g/mol. The van der Waals surface area contributed by atoms with E-state index in [0.29, 0.717) is 37.8 Å². The molecule has 3 amide bonds. The van der Waals surface area contributed by atoms with Crippen molar-refractivity contribution in [3.8, 4) is 0 Å². The molecule has 0 bridgehead atoms. The van der Waals surface area contributed by atoms with Gasteiger partial charge in [0, 0.05) is 51.0 Å². The minimum Gasteiger partial charge on any atom is -0.352 e. The van der Waals surface area contributed by atoms with Crippen LogP contribution in [0.15, 0.2) is 18.2 Å². The van der Waals surface area contributed by atoms with Gasteiger partial charge in [-0.25, -0.2) is 8.78 Å². The van der Waals surface area contributed by atoms with Gasteiger partial charge < -0.3 is 15.5 Å². The first kappa shape index (κ1) is 23.8. The number of amides is 3. The van der Waals surface area contributed by atoms with Crippen LogP contribution in [0, 0.1) is 23.5 Å². The Morgan fingerprint density at radius 2 is 1.83 bits per heavy atom. The smallest absolute Gasteiger partial charge is 0.223 e. The van der Waals surface area contributed by atoms with Gasteiger partial charge >= 0.3 is 0 Å². The van der Waals surface area contributed by atoms with E-state index in [-0.39, 0.29) is 42.6 Å². The third-order valence-electron chi connectivity index (χ3n) is 5.16. The van der Waals surface area contributed by atoms with Crippen molar-refractivity contribution in [3.05, 3.63) is 35.4 Å². The summed E-state index contributed by atoms with van der Waals surface area (Å²) in [4.78, 5) is 38.8. The summed E-state index contributed by atoms with van der Waals surface area (Å²) in [6.07, 6.45) is 2.34. The number of benzene rings is 1. The van der Waals surface area contributed by atoms with Gasteiger partial charge in [0.25, 0.3) is 0 Å². The third kappa shape index (κ3) is 7.72. The summed E-state index contributed by atoms with van der Waals surface area (Å²) in [5.41, 5.74) is 0.320. The second kappa shape index (κ2) is 11.0. The number of halogens is 2. The lowest BCUT2D eigenvalue weighted by Crippen LogP contribution is -2.44. The van der Waals surface area contributed by atoms with E-state index in [1.165, 1.54) is 0 Å². The molecule has 0 aliphatic carbocycles. The highest BCUT2D eigenvalue weighted by Gasteiger charge is 2.27. The molecule has 1 saturated heterocycles. The molecule has 1 heterocycles. The lowest BCUT2D eigenvalue weighted by molar-refractivity contribution is -0.135. The Bertz CT molecular complexity index is 750. The quantitative estimate of drug-likeness (QED) is 0.739. The standard InChI is InChI=1S/C22H31F2N3O3/c1-14(2)7-20(28)26-19-6-4-5-16(10-21(29)27(3)13-19)22(30)25-12-15-8-17(23)11-18(24)9-15/h8-9,11,14,16,19H,4-7,10,12-13H2,1-3H3,(H,25,30)(H,26,28). The van der Waals surface area contributed by atoms with Crippen LogP contribution in [0.4, 0.5) is 8.78 Å². The number of likely N-dealkylation sites (N-methyl/N-ethyl adjacent to an activating group) is 1. The largest absolute Gasteiger partial charge is 0.352 e. The van der Waals surface area contributed by atoms with Gasteiger partial charge in [-0.05, 0) is 36.5 Å². The summed E-state index contributed by atoms with van der Waals surface area (Å²) in [6, 6.07) is 2.95. The monoisotopic (exact) mass is 423 g/mol. The molecule has 2 N–H and O–H groups in total. The van der Waals surface area contributed by atoms with Crippen LogP contribution in [-0.2, 0) is 20.9 Å². The first-order valence-corrected chi connectivity index (χ1v) is 10.4. The van der Waals surface area contributed by atoms with Gasteiger partial charge in [-0.3, -0.25) is 14.4 Å². The zero-order chi connectivity index (χ0) is 22.3. The predicted molar refractivity (Wildman–Crippen MR) is 109 cm³/mol. The van der Waals surface area contributed by atoms with Crippen LogP contribution in [0.1, 0.15) is 51.5 Å². The number of nitrogens with zero attached hydrogens (tertiary/aromatic N) is 1. The van der Waals surface area contributed by atoms with Gasteiger partial charge in [0.15, 0.2) is 0 Å². The summed E-state index contributed by atoms with van der Waals surface area (Å²) in [5.74, 6) is -2.20. The van der Waals surface area contributed by atoms with Crippen molar-refractivity contribution in [2.24, 2.45) is 11.8 Å². The third-order valence-corrected chi connectivity index (χ3v) is 5.16. The fraction of sp³-hybridized carbons (Fsp3) is 0.591. The number of carbonyl (C=O) groups excluding carboxylic acids is 3. The average Bonchev–Trinajstić information content (AvgIpc) is 2.69. The Hall–Kier alpha value is -2.51. The fourth-order valence-corrected chi connectivity index (χ4v) is 3.65. The minimum atomic E-state index is -0.705. The second-order valence-electron chi connectivity index (χ2n) is 8.46. The summed E-state index contributed by atoms with van der Waals surface area (Å²) in [7, 11) is 1.67. The first-order valence-electron chi connectivity index (χ1n) is 10.4. The van der Waals surface area contributed by atoms with Crippen molar-refractivity contribution >= 4 is 17.7 Å². The molecular formula is C22H31F2N3O3. The van der Waals surface area contributed by atoms with Crippen LogP contribution < -0.4 is 10.6 Å². The van der Waals surface area contributed by atoms with E-state index in [4.69, 9.17) is 0 Å². The maximum Gasteiger partial charge on any atom is 0.223 e. The van der Waals surface area contributed by atoms with Gasteiger partial charge in [-0.1, -0.05) is 20.3 Å². The molecule has 0 aromatic heterocycles. The van der Waals surface area contributed by atoms with Crippen molar-refractivity contribution in [1.82, 2.24) is 15.5 Å². The molecule has 1 aliphatic heterocycles. The SMILES string of the molecule is CC(C)CC(=O)NC1CCCC(C(=O)NCc2cc(F)cc(F)c2)CC(=O)N(C)C1. The molecule has 8 heteroatoms. The van der Waals surface area contributed by atoms with Crippen LogP contribution in [0.2, 0.25) is 0 Å². The Kier molecular flexibility index (Phi) is 8.74. The number of hydrogen-bond donors (Lipinski definition) is 2. The molecule has 0 spiro atoms. The molecule has 2 rings (SSSR count). The molecule has 30 heavy (non-hydrogen) atoms. The molecule has 6 nitrogen and oxygen atoms in total. The summed E-state index contributed by atoms with van der Waals surface area (Å²) in [6.45, 7) is 4.33. The highest BCUT2D eigenvalue weighted by atomic mass is 19.1. The second-order valence-corrected chi connectivity index (χ2v) is 8.46. The van der Waals surface area contributed by atoms with Crippen LogP contribution in [0.25, 0.3) is 0 Å². The fourth-order valence-electron chi connectivity index (χ4n) is 3.65. The molecule has 2 unspecified atom stereocenters. The van der Waals surface area contributed by atoms with E-state index in [1.54, 1.807) is 11.9 Å². The Morgan fingerprint density at radius 3 is 2.47 bits per heavy atom. The van der Waals surface area contributed by atoms with E-state index >= 15 is 0 Å². The van der Waals surface area contributed by atoms with Gasteiger partial charge in [-0.15, -0.1) is 0 Å². The topological polar surface area (TPSA) is 78.5 Å². The van der Waals surface area contributed by atoms with Gasteiger partial charge in [-0.2, -0.15) is 0 Å². The summed E-state index contributed by atoms with van der Waals surface area (Å²) >= 11 is 0. The highest BCUT2D eigenvalue weighted by Crippen LogP contribution is 2.19. The molecule has 0 radical (unpaired) electrons. The minimum absolute atomic E-state index is 0.0120. The Balaban J connectivity index is 1.95. The molecule has 2 atom stereocenters. The normalized spacial score (nSPS) is 20.3. The van der Waals surface area contributed by atoms with Gasteiger partial charge in [0.2, 0.25) is 17.7 Å². The van der Waals surface area contributed by atoms with Crippen molar-refractivity contribution in [2.75, 3.05) is 13.6 Å². The maximum atomic E-state index is 13.3. The van der Waals surface area contributed by atoms with Crippen molar-refractivity contribution < 1.29 is 23.2 Å². The summed E-state index contributed by atoms with van der Waals surface area (Å²) in [5, 5.41) is 5.67. The van der Waals surface area contributed by atoms with Crippen molar-refractivity contribution in [3.63, 3.8) is 0 Å². The number of rotatable bonds is 6. The van der Waals surface area contributed by atoms with E-state index in [0.717, 1.165) is 18.2 Å². The molecule has 0 saturated carbocycles. The van der Waals surface area contributed by atoms with Crippen LogP contribution >= 0.6 is 0 Å². The van der Waals surface area contributed by atoms with Crippen LogP contribution in [-0.4, -0.2) is 42.3 Å². The zero-order valence-electron chi connectivity index (χ0n) is 17.8. The van der Waals surface area contributed by atoms with Crippen LogP contribution in [0.5, 0.6) is 0 Å². The molecule has 1 fully saturated rings. The van der Waals surface area contributed by atoms with Crippen molar-refractivity contribution in [2.45, 2.75) is 58.5 Å². The molecule has 1 aliphatic rings. The van der Waals surface area contributed by atoms with Crippen LogP contribution in [0.3, 0.4) is 0 Å². The van der Waals surface area contributed by atoms with Gasteiger partial charge in [0.1, 0.15) is 11.6 Å². The first-order chi connectivity index (χ1) is 14.1. The van der Waals surface area contributed by atoms with E-state index < -0.39 is 17.6 Å². The van der Waals surface area contributed by atoms with E-state index in [2.05, 4.69) is 10.6 Å². The maximum absolute atomic E-state index is 13.3. The average molecular weight is 424 g/mol. The van der Waals surface area contributed by atoms with E-state index in [1.807, 2.05) is 13.8 Å². The van der Waals surface area contributed by atoms with Gasteiger partial charge in [0.05, 0.1) is 0 Å². The molecule has 1 aromatic rings. The molecule has 166 valence electrons. The Labute approximate surface area is 176 Å². The number of hydrogen-bond acceptors (Lipinski definition) is 3. The van der Waals surface area contributed by atoms with Crippen molar-refractivity contribution in [1.29, 1.82) is 0 Å². The number of nitrogens with one attached hydrogen (secondary N) is 2. The lowest BCUT2D eigenvalue weighted by Gasteiger charge is -2.24. The number of carbonyl (C=O) groups is 3. The summed E-state index contributed by atoms with van der Waals surface area (Å²) < 4.78 is 26.6. The highest BCUT2D eigenvalue weighted by molar-refractivity contribution is 5.85. The molecule has 1 aromatic carbocycles. The lowest BCUT2D eigenvalue weighted by atomic mass is 9.96.